The minimum Gasteiger partial charge on any atom is -0.487 e. The predicted molar refractivity (Wildman–Crippen MR) is 102 cm³/mol. The first-order valence-electron chi connectivity index (χ1n) is 10.00. The van der Waals surface area contributed by atoms with E-state index >= 15 is 0 Å². The fraction of sp³-hybridized carbons (Fsp3) is 0.619. The third-order valence-corrected chi connectivity index (χ3v) is 6.14. The molecule has 1 N–H and O–H groups in total. The summed E-state index contributed by atoms with van der Waals surface area (Å²) < 4.78 is 20.6. The van der Waals surface area contributed by atoms with E-state index in [0.717, 1.165) is 32.0 Å². The van der Waals surface area contributed by atoms with Gasteiger partial charge in [0.05, 0.1) is 11.1 Å². The SMILES string of the molecule is CC1(C)CC(c2ccc(OC3CCN(C4CCC4)CC3)c(F)c2)=NNC1=O. The summed E-state index contributed by atoms with van der Waals surface area (Å²) in [6.45, 7) is 5.81. The molecule has 6 heteroatoms. The van der Waals surface area contributed by atoms with E-state index in [-0.39, 0.29) is 17.8 Å². The maximum atomic E-state index is 14.6. The maximum absolute atomic E-state index is 14.6. The molecule has 27 heavy (non-hydrogen) atoms. The first-order chi connectivity index (χ1) is 12.9. The van der Waals surface area contributed by atoms with Crippen LogP contribution in [0.4, 0.5) is 4.39 Å². The largest absolute Gasteiger partial charge is 0.487 e. The van der Waals surface area contributed by atoms with Crippen molar-refractivity contribution in [2.45, 2.75) is 64.5 Å². The fourth-order valence-electron chi connectivity index (χ4n) is 4.04. The number of amides is 1. The number of benzene rings is 1. The Morgan fingerprint density at radius 1 is 1.22 bits per heavy atom. The zero-order valence-electron chi connectivity index (χ0n) is 16.1. The highest BCUT2D eigenvalue weighted by Gasteiger charge is 2.34. The average molecular weight is 373 g/mol. The van der Waals surface area contributed by atoms with Crippen molar-refractivity contribution in [3.8, 4) is 5.75 Å². The highest BCUT2D eigenvalue weighted by atomic mass is 19.1. The standard InChI is InChI=1S/C21H28FN3O2/c1-21(2)13-18(23-24-20(21)26)14-6-7-19(17(22)12-14)27-16-8-10-25(11-9-16)15-4-3-5-15/h6-7,12,15-16H,3-5,8-11,13H2,1-2H3,(H,24,26). The van der Waals surface area contributed by atoms with Gasteiger partial charge in [-0.05, 0) is 43.9 Å². The summed E-state index contributed by atoms with van der Waals surface area (Å²) in [4.78, 5) is 14.4. The number of nitrogens with zero attached hydrogens (tertiary/aromatic N) is 2. The molecule has 146 valence electrons. The van der Waals surface area contributed by atoms with Crippen LogP contribution in [0.15, 0.2) is 23.3 Å². The van der Waals surface area contributed by atoms with Crippen molar-refractivity contribution >= 4 is 11.6 Å². The van der Waals surface area contributed by atoms with E-state index in [1.54, 1.807) is 6.07 Å². The Bertz CT molecular complexity index is 750. The van der Waals surface area contributed by atoms with Gasteiger partial charge in [-0.15, -0.1) is 0 Å². The molecule has 2 heterocycles. The van der Waals surface area contributed by atoms with Crippen LogP contribution in [0.2, 0.25) is 0 Å². The number of carbonyl (C=O) groups is 1. The van der Waals surface area contributed by atoms with E-state index in [4.69, 9.17) is 4.74 Å². The molecule has 1 aromatic carbocycles. The van der Waals surface area contributed by atoms with Crippen LogP contribution in [0.5, 0.6) is 5.75 Å². The first kappa shape index (κ1) is 18.4. The van der Waals surface area contributed by atoms with Gasteiger partial charge in [0, 0.05) is 31.1 Å². The lowest BCUT2D eigenvalue weighted by Gasteiger charge is -2.41. The Morgan fingerprint density at radius 2 is 1.96 bits per heavy atom. The zero-order valence-corrected chi connectivity index (χ0v) is 16.1. The molecular formula is C21H28FN3O2. The highest BCUT2D eigenvalue weighted by molar-refractivity contribution is 6.05. The molecule has 1 aromatic rings. The van der Waals surface area contributed by atoms with Crippen molar-refractivity contribution in [1.82, 2.24) is 10.3 Å². The van der Waals surface area contributed by atoms with Gasteiger partial charge < -0.3 is 9.64 Å². The van der Waals surface area contributed by atoms with Crippen LogP contribution in [0, 0.1) is 11.2 Å². The van der Waals surface area contributed by atoms with Gasteiger partial charge in [0.15, 0.2) is 11.6 Å². The molecule has 0 bridgehead atoms. The average Bonchev–Trinajstić information content (AvgIpc) is 2.59. The minimum atomic E-state index is -0.545. The minimum absolute atomic E-state index is 0.0759. The summed E-state index contributed by atoms with van der Waals surface area (Å²) in [5.74, 6) is -0.174. The van der Waals surface area contributed by atoms with Crippen molar-refractivity contribution in [3.63, 3.8) is 0 Å². The lowest BCUT2D eigenvalue weighted by Crippen LogP contribution is -2.46. The number of halogens is 1. The summed E-state index contributed by atoms with van der Waals surface area (Å²) in [5, 5.41) is 4.11. The first-order valence-corrected chi connectivity index (χ1v) is 10.00. The summed E-state index contributed by atoms with van der Waals surface area (Å²) in [7, 11) is 0. The van der Waals surface area contributed by atoms with Crippen molar-refractivity contribution in [3.05, 3.63) is 29.6 Å². The molecule has 2 aliphatic heterocycles. The third-order valence-electron chi connectivity index (χ3n) is 6.14. The third kappa shape index (κ3) is 3.86. The summed E-state index contributed by atoms with van der Waals surface area (Å²) in [5.41, 5.74) is 3.37. The number of likely N-dealkylation sites (tertiary alicyclic amines) is 1. The monoisotopic (exact) mass is 373 g/mol. The number of hydrazone groups is 1. The molecule has 0 aromatic heterocycles. The van der Waals surface area contributed by atoms with Crippen LogP contribution in [0.1, 0.15) is 57.9 Å². The number of carbonyl (C=O) groups excluding carboxylic acids is 1. The number of hydrogen-bond acceptors (Lipinski definition) is 4. The molecule has 3 aliphatic rings. The summed E-state index contributed by atoms with van der Waals surface area (Å²) in [6, 6.07) is 5.75. The second kappa shape index (κ2) is 7.23. The van der Waals surface area contributed by atoms with Crippen molar-refractivity contribution in [2.75, 3.05) is 13.1 Å². The zero-order chi connectivity index (χ0) is 19.0. The van der Waals surface area contributed by atoms with Crippen LogP contribution in [-0.2, 0) is 4.79 Å². The molecule has 1 saturated carbocycles. The van der Waals surface area contributed by atoms with Gasteiger partial charge in [0.1, 0.15) is 6.10 Å². The molecule has 1 saturated heterocycles. The van der Waals surface area contributed by atoms with Crippen molar-refractivity contribution in [1.29, 1.82) is 0 Å². The molecular weight excluding hydrogens is 345 g/mol. The molecule has 5 nitrogen and oxygen atoms in total. The Hall–Kier alpha value is -1.95. The lowest BCUT2D eigenvalue weighted by atomic mass is 9.83. The number of piperidine rings is 1. The van der Waals surface area contributed by atoms with Gasteiger partial charge in [0.2, 0.25) is 5.91 Å². The van der Waals surface area contributed by atoms with Gasteiger partial charge in [-0.2, -0.15) is 5.10 Å². The van der Waals surface area contributed by atoms with E-state index in [1.165, 1.54) is 25.3 Å². The Labute approximate surface area is 160 Å². The molecule has 2 fully saturated rings. The molecule has 1 amide bonds. The van der Waals surface area contributed by atoms with Crippen molar-refractivity contribution in [2.24, 2.45) is 10.5 Å². The predicted octanol–water partition coefficient (Wildman–Crippen LogP) is 3.47. The maximum Gasteiger partial charge on any atom is 0.246 e. The molecule has 1 aliphatic carbocycles. The number of rotatable bonds is 4. The molecule has 0 atom stereocenters. The van der Waals surface area contributed by atoms with E-state index in [2.05, 4.69) is 15.4 Å². The Morgan fingerprint density at radius 3 is 2.56 bits per heavy atom. The van der Waals surface area contributed by atoms with E-state index in [0.29, 0.717) is 23.4 Å². The van der Waals surface area contributed by atoms with Crippen LogP contribution in [-0.4, -0.2) is 41.8 Å². The summed E-state index contributed by atoms with van der Waals surface area (Å²) >= 11 is 0. The second-order valence-electron chi connectivity index (χ2n) is 8.64. The molecule has 0 spiro atoms. The van der Waals surface area contributed by atoms with Gasteiger partial charge >= 0.3 is 0 Å². The van der Waals surface area contributed by atoms with Crippen LogP contribution in [0.3, 0.4) is 0 Å². The molecule has 0 unspecified atom stereocenters. The smallest absolute Gasteiger partial charge is 0.246 e. The summed E-state index contributed by atoms with van der Waals surface area (Å²) in [6.07, 6.45) is 6.45. The number of nitrogens with one attached hydrogen (secondary N) is 1. The Kier molecular flexibility index (Phi) is 4.93. The normalized spacial score (nSPS) is 24.1. The molecule has 4 rings (SSSR count). The molecule has 0 radical (unpaired) electrons. The van der Waals surface area contributed by atoms with Gasteiger partial charge in [-0.3, -0.25) is 4.79 Å². The van der Waals surface area contributed by atoms with Crippen LogP contribution < -0.4 is 10.2 Å². The number of hydrogen-bond donors (Lipinski definition) is 1. The van der Waals surface area contributed by atoms with Crippen LogP contribution >= 0.6 is 0 Å². The number of ether oxygens (including phenoxy) is 1. The quantitative estimate of drug-likeness (QED) is 0.879. The van der Waals surface area contributed by atoms with Crippen LogP contribution in [0.25, 0.3) is 0 Å². The van der Waals surface area contributed by atoms with Gasteiger partial charge in [-0.1, -0.05) is 20.3 Å². The lowest BCUT2D eigenvalue weighted by molar-refractivity contribution is -0.129. The van der Waals surface area contributed by atoms with Crippen molar-refractivity contribution < 1.29 is 13.9 Å². The van der Waals surface area contributed by atoms with Gasteiger partial charge in [-0.25, -0.2) is 9.82 Å². The second-order valence-corrected chi connectivity index (χ2v) is 8.64. The van der Waals surface area contributed by atoms with E-state index in [9.17, 15) is 9.18 Å². The van der Waals surface area contributed by atoms with E-state index in [1.807, 2.05) is 19.9 Å². The van der Waals surface area contributed by atoms with Gasteiger partial charge in [0.25, 0.3) is 0 Å². The van der Waals surface area contributed by atoms with E-state index < -0.39 is 5.41 Å². The fourth-order valence-corrected chi connectivity index (χ4v) is 4.04. The Balaban J connectivity index is 1.38. The topological polar surface area (TPSA) is 53.9 Å². The highest BCUT2D eigenvalue weighted by Crippen LogP contribution is 2.31.